The predicted molar refractivity (Wildman–Crippen MR) is 73.5 cm³/mol. The number of carbonyl (C=O) groups is 1. The van der Waals surface area contributed by atoms with E-state index in [1.807, 2.05) is 29.2 Å². The van der Waals surface area contributed by atoms with E-state index in [0.717, 1.165) is 10.2 Å². The van der Waals surface area contributed by atoms with Crippen LogP contribution in [0.15, 0.2) is 28.7 Å². The molecule has 1 unspecified atom stereocenters. The molecule has 1 aliphatic heterocycles. The molecular formula is C13H16BrNO4. The predicted octanol–water partition coefficient (Wildman–Crippen LogP) is 1.61. The highest BCUT2D eigenvalue weighted by atomic mass is 79.9. The number of carboxylic acids is 1. The van der Waals surface area contributed by atoms with E-state index in [4.69, 9.17) is 14.6 Å². The van der Waals surface area contributed by atoms with E-state index in [9.17, 15) is 4.79 Å². The Kier molecular flexibility index (Phi) is 5.18. The molecule has 0 aliphatic carbocycles. The molecule has 0 radical (unpaired) electrons. The zero-order chi connectivity index (χ0) is 13.7. The van der Waals surface area contributed by atoms with Gasteiger partial charge in [-0.2, -0.15) is 0 Å². The van der Waals surface area contributed by atoms with Crippen molar-refractivity contribution in [1.29, 1.82) is 0 Å². The SMILES string of the molecule is O=C(O)C1COCCN1CCOc1cccc(Br)c1. The van der Waals surface area contributed by atoms with Crippen LogP contribution in [0.25, 0.3) is 0 Å². The van der Waals surface area contributed by atoms with Crippen molar-refractivity contribution in [1.82, 2.24) is 4.90 Å². The molecule has 0 amide bonds. The van der Waals surface area contributed by atoms with Gasteiger partial charge in [-0.05, 0) is 18.2 Å². The summed E-state index contributed by atoms with van der Waals surface area (Å²) >= 11 is 3.37. The maximum atomic E-state index is 11.1. The molecule has 1 aromatic rings. The maximum Gasteiger partial charge on any atom is 0.323 e. The molecule has 1 saturated heterocycles. The van der Waals surface area contributed by atoms with Crippen molar-refractivity contribution in [2.24, 2.45) is 0 Å². The maximum absolute atomic E-state index is 11.1. The molecule has 1 heterocycles. The van der Waals surface area contributed by atoms with E-state index in [1.54, 1.807) is 0 Å². The van der Waals surface area contributed by atoms with Gasteiger partial charge < -0.3 is 14.6 Å². The second-order valence-corrected chi connectivity index (χ2v) is 5.19. The molecule has 0 bridgehead atoms. The smallest absolute Gasteiger partial charge is 0.323 e. The van der Waals surface area contributed by atoms with Crippen LogP contribution in [0.4, 0.5) is 0 Å². The summed E-state index contributed by atoms with van der Waals surface area (Å²) in [7, 11) is 0. The van der Waals surface area contributed by atoms with Gasteiger partial charge in [0.1, 0.15) is 18.4 Å². The van der Waals surface area contributed by atoms with Gasteiger partial charge in [-0.1, -0.05) is 22.0 Å². The average Bonchev–Trinajstić information content (AvgIpc) is 2.39. The fraction of sp³-hybridized carbons (Fsp3) is 0.462. The van der Waals surface area contributed by atoms with Crippen LogP contribution in [0, 0.1) is 0 Å². The molecule has 0 aromatic heterocycles. The third-order valence-corrected chi connectivity index (χ3v) is 3.46. The summed E-state index contributed by atoms with van der Waals surface area (Å²) in [5, 5.41) is 9.09. The minimum atomic E-state index is -0.845. The summed E-state index contributed by atoms with van der Waals surface area (Å²) < 4.78 is 11.8. The summed E-state index contributed by atoms with van der Waals surface area (Å²) in [6.07, 6.45) is 0. The molecule has 1 atom stereocenters. The lowest BCUT2D eigenvalue weighted by Crippen LogP contribution is -2.51. The summed E-state index contributed by atoms with van der Waals surface area (Å²) in [6, 6.07) is 7.01. The molecular weight excluding hydrogens is 314 g/mol. The number of hydrogen-bond acceptors (Lipinski definition) is 4. The van der Waals surface area contributed by atoms with Crippen molar-refractivity contribution < 1.29 is 19.4 Å². The van der Waals surface area contributed by atoms with E-state index < -0.39 is 12.0 Å². The Balaban J connectivity index is 1.82. The molecule has 1 aliphatic rings. The highest BCUT2D eigenvalue weighted by Crippen LogP contribution is 2.17. The van der Waals surface area contributed by atoms with Crippen molar-refractivity contribution in [3.05, 3.63) is 28.7 Å². The number of ether oxygens (including phenoxy) is 2. The lowest BCUT2D eigenvalue weighted by Gasteiger charge is -2.32. The summed E-state index contributed by atoms with van der Waals surface area (Å²) in [5.41, 5.74) is 0. The Hall–Kier alpha value is -1.11. The Morgan fingerprint density at radius 1 is 1.58 bits per heavy atom. The van der Waals surface area contributed by atoms with Gasteiger partial charge in [0.15, 0.2) is 0 Å². The van der Waals surface area contributed by atoms with Crippen molar-refractivity contribution in [2.45, 2.75) is 6.04 Å². The number of hydrogen-bond donors (Lipinski definition) is 1. The van der Waals surface area contributed by atoms with Gasteiger partial charge in [0.25, 0.3) is 0 Å². The van der Waals surface area contributed by atoms with Crippen LogP contribution in [0.2, 0.25) is 0 Å². The number of benzene rings is 1. The van der Waals surface area contributed by atoms with Crippen LogP contribution in [-0.2, 0) is 9.53 Å². The molecule has 19 heavy (non-hydrogen) atoms. The molecule has 0 spiro atoms. The monoisotopic (exact) mass is 329 g/mol. The normalized spacial score (nSPS) is 20.2. The number of nitrogens with zero attached hydrogens (tertiary/aromatic N) is 1. The lowest BCUT2D eigenvalue weighted by atomic mass is 10.2. The second-order valence-electron chi connectivity index (χ2n) is 4.27. The van der Waals surface area contributed by atoms with Crippen LogP contribution >= 0.6 is 15.9 Å². The molecule has 104 valence electrons. The number of carboxylic acid groups (broad SMARTS) is 1. The lowest BCUT2D eigenvalue weighted by molar-refractivity contribution is -0.149. The standard InChI is InChI=1S/C13H16BrNO4/c14-10-2-1-3-11(8-10)19-7-5-15-4-6-18-9-12(15)13(16)17/h1-3,8,12H,4-7,9H2,(H,16,17). The average molecular weight is 330 g/mol. The zero-order valence-corrected chi connectivity index (χ0v) is 12.0. The second kappa shape index (κ2) is 6.88. The quantitative estimate of drug-likeness (QED) is 0.889. The van der Waals surface area contributed by atoms with Gasteiger partial charge in [0.05, 0.1) is 13.2 Å². The van der Waals surface area contributed by atoms with Crippen LogP contribution < -0.4 is 4.74 Å². The van der Waals surface area contributed by atoms with Crippen molar-refractivity contribution in [3.63, 3.8) is 0 Å². The van der Waals surface area contributed by atoms with Gasteiger partial charge in [-0.3, -0.25) is 9.69 Å². The topological polar surface area (TPSA) is 59.0 Å². The molecule has 6 heteroatoms. The number of morpholine rings is 1. The summed E-state index contributed by atoms with van der Waals surface area (Å²) in [5.74, 6) is -0.0725. The van der Waals surface area contributed by atoms with Gasteiger partial charge in [0.2, 0.25) is 0 Å². The van der Waals surface area contributed by atoms with E-state index in [1.165, 1.54) is 0 Å². The third-order valence-electron chi connectivity index (χ3n) is 2.97. The zero-order valence-electron chi connectivity index (χ0n) is 10.4. The largest absolute Gasteiger partial charge is 0.492 e. The minimum Gasteiger partial charge on any atom is -0.492 e. The minimum absolute atomic E-state index is 0.242. The highest BCUT2D eigenvalue weighted by molar-refractivity contribution is 9.10. The first-order valence-corrected chi connectivity index (χ1v) is 6.89. The van der Waals surface area contributed by atoms with Gasteiger partial charge in [-0.15, -0.1) is 0 Å². The Bertz CT molecular complexity index is 440. The van der Waals surface area contributed by atoms with Crippen LogP contribution in [0.3, 0.4) is 0 Å². The number of halogens is 1. The van der Waals surface area contributed by atoms with Crippen LogP contribution in [0.5, 0.6) is 5.75 Å². The first-order chi connectivity index (χ1) is 9.16. The van der Waals surface area contributed by atoms with Crippen molar-refractivity contribution in [3.8, 4) is 5.75 Å². The first kappa shape index (κ1) is 14.3. The molecule has 1 N–H and O–H groups in total. The van der Waals surface area contributed by atoms with Crippen LogP contribution in [-0.4, -0.2) is 54.9 Å². The molecule has 0 saturated carbocycles. The van der Waals surface area contributed by atoms with E-state index in [2.05, 4.69) is 15.9 Å². The van der Waals surface area contributed by atoms with Crippen molar-refractivity contribution >= 4 is 21.9 Å². The summed E-state index contributed by atoms with van der Waals surface area (Å²) in [6.45, 7) is 2.47. The number of aliphatic carboxylic acids is 1. The van der Waals surface area contributed by atoms with Gasteiger partial charge in [0, 0.05) is 17.6 Å². The Morgan fingerprint density at radius 2 is 2.42 bits per heavy atom. The molecule has 5 nitrogen and oxygen atoms in total. The van der Waals surface area contributed by atoms with E-state index in [0.29, 0.717) is 26.3 Å². The fourth-order valence-electron chi connectivity index (χ4n) is 1.97. The molecule has 1 fully saturated rings. The van der Waals surface area contributed by atoms with Gasteiger partial charge in [-0.25, -0.2) is 0 Å². The molecule has 2 rings (SSSR count). The van der Waals surface area contributed by atoms with E-state index in [-0.39, 0.29) is 6.61 Å². The van der Waals surface area contributed by atoms with Crippen molar-refractivity contribution in [2.75, 3.05) is 32.9 Å². The Morgan fingerprint density at radius 3 is 3.16 bits per heavy atom. The third kappa shape index (κ3) is 4.19. The first-order valence-electron chi connectivity index (χ1n) is 6.10. The fourth-order valence-corrected chi connectivity index (χ4v) is 2.35. The molecule has 1 aromatic carbocycles. The van der Waals surface area contributed by atoms with Crippen LogP contribution in [0.1, 0.15) is 0 Å². The summed E-state index contributed by atoms with van der Waals surface area (Å²) in [4.78, 5) is 13.0. The number of rotatable bonds is 5. The van der Waals surface area contributed by atoms with E-state index >= 15 is 0 Å². The highest BCUT2D eigenvalue weighted by Gasteiger charge is 2.28. The van der Waals surface area contributed by atoms with Gasteiger partial charge >= 0.3 is 5.97 Å². The Labute approximate surface area is 120 Å².